The Morgan fingerprint density at radius 1 is 1.17 bits per heavy atom. The minimum absolute atomic E-state index is 0.0141. The first-order chi connectivity index (χ1) is 19.9. The number of aromatic nitrogens is 3. The molecule has 3 aromatic heterocycles. The zero-order valence-electron chi connectivity index (χ0n) is 22.9. The second-order valence-electron chi connectivity index (χ2n) is 11.9. The molecule has 1 aliphatic carbocycles. The summed E-state index contributed by atoms with van der Waals surface area (Å²) in [4.78, 5) is 27.4. The summed E-state index contributed by atoms with van der Waals surface area (Å²) in [6.45, 7) is 2.50. The van der Waals surface area contributed by atoms with Crippen molar-refractivity contribution in [2.75, 3.05) is 36.5 Å². The smallest absolute Gasteiger partial charge is 0.263 e. The van der Waals surface area contributed by atoms with Crippen LogP contribution in [0.25, 0.3) is 11.0 Å². The van der Waals surface area contributed by atoms with E-state index in [0.29, 0.717) is 66.6 Å². The first kappa shape index (κ1) is 26.5. The quantitative estimate of drug-likeness (QED) is 0.399. The Morgan fingerprint density at radius 2 is 2.07 bits per heavy atom. The van der Waals surface area contributed by atoms with Crippen molar-refractivity contribution in [3.63, 3.8) is 0 Å². The van der Waals surface area contributed by atoms with Crippen molar-refractivity contribution >= 4 is 28.6 Å². The predicted octanol–water partition coefficient (Wildman–Crippen LogP) is 3.12. The highest BCUT2D eigenvalue weighted by atomic mass is 19.1. The molecule has 4 fully saturated rings. The van der Waals surface area contributed by atoms with E-state index in [-0.39, 0.29) is 36.1 Å². The van der Waals surface area contributed by atoms with Crippen molar-refractivity contribution in [2.24, 2.45) is 5.92 Å². The molecule has 4 unspecified atom stereocenters. The largest absolute Gasteiger partial charge is 0.480 e. The number of amides is 1. The van der Waals surface area contributed by atoms with Crippen LogP contribution in [0.3, 0.4) is 0 Å². The molecule has 0 aromatic carbocycles. The summed E-state index contributed by atoms with van der Waals surface area (Å²) in [5, 5.41) is 16.4. The molecular formula is C30H35FN6O4. The van der Waals surface area contributed by atoms with Gasteiger partial charge in [-0.2, -0.15) is 0 Å². The lowest BCUT2D eigenvalue weighted by molar-refractivity contribution is -0.118. The van der Waals surface area contributed by atoms with E-state index in [1.807, 2.05) is 29.2 Å². The van der Waals surface area contributed by atoms with Gasteiger partial charge >= 0.3 is 0 Å². The average molecular weight is 563 g/mol. The van der Waals surface area contributed by atoms with Gasteiger partial charge in [0.25, 0.3) is 5.91 Å². The van der Waals surface area contributed by atoms with Gasteiger partial charge in [-0.3, -0.25) is 9.78 Å². The Kier molecular flexibility index (Phi) is 6.96. The zero-order chi connectivity index (χ0) is 28.0. The molecule has 1 amide bonds. The standard InChI is InChI=1S/C30H35FN6O4/c31-22-14-32-23-4-6-26(37-12-9-20(38)15-37)35-28(23)21(22)3-1-18-7-10-30(11-8-24(18)41-17-30)33-13-19-2-5-25-29(34-19)36-27(39)16-40-25/h2,4-6,14,18,20,24,33,38H,1,3,7-13,15-17H2,(H,34,36,39). The van der Waals surface area contributed by atoms with Crippen molar-refractivity contribution < 1.29 is 23.8 Å². The van der Waals surface area contributed by atoms with Gasteiger partial charge in [0.2, 0.25) is 0 Å². The number of β-amino-alcohol motifs (C(OH)–C–C–N with tert-alkyl or cyclic N) is 1. The average Bonchev–Trinajstić information content (AvgIpc) is 3.26. The third kappa shape index (κ3) is 5.33. The SMILES string of the molecule is O=C1COc2ccc(CNC34CCC(CCc5c(F)cnc6ccc(N7CCC(O)C7)nc56)C(CC3)OC4)nc2N1. The molecule has 5 aliphatic rings. The van der Waals surface area contributed by atoms with Gasteiger partial charge in [-0.1, -0.05) is 0 Å². The highest BCUT2D eigenvalue weighted by molar-refractivity contribution is 5.94. The molecule has 0 spiro atoms. The van der Waals surface area contributed by atoms with Gasteiger partial charge in [0.05, 0.1) is 41.7 Å². The molecule has 8 rings (SSSR count). The first-order valence-electron chi connectivity index (χ1n) is 14.6. The van der Waals surface area contributed by atoms with Crippen molar-refractivity contribution in [1.82, 2.24) is 20.3 Å². The molecule has 2 bridgehead atoms. The fourth-order valence-electron chi connectivity index (χ4n) is 6.77. The molecule has 3 saturated heterocycles. The van der Waals surface area contributed by atoms with E-state index in [9.17, 15) is 9.90 Å². The van der Waals surface area contributed by atoms with Gasteiger partial charge < -0.3 is 30.1 Å². The summed E-state index contributed by atoms with van der Waals surface area (Å²) >= 11 is 0. The van der Waals surface area contributed by atoms with E-state index < -0.39 is 0 Å². The van der Waals surface area contributed by atoms with Crippen molar-refractivity contribution in [1.29, 1.82) is 0 Å². The third-order valence-electron chi connectivity index (χ3n) is 9.18. The lowest BCUT2D eigenvalue weighted by atomic mass is 9.89. The summed E-state index contributed by atoms with van der Waals surface area (Å²) in [5.41, 5.74) is 2.61. The first-order valence-corrected chi connectivity index (χ1v) is 14.6. The van der Waals surface area contributed by atoms with E-state index in [1.54, 1.807) is 0 Å². The maximum atomic E-state index is 15.1. The summed E-state index contributed by atoms with van der Waals surface area (Å²) < 4.78 is 27.0. The van der Waals surface area contributed by atoms with E-state index in [0.717, 1.165) is 50.2 Å². The van der Waals surface area contributed by atoms with Gasteiger partial charge in [0.1, 0.15) is 11.6 Å². The molecule has 3 aromatic rings. The van der Waals surface area contributed by atoms with Crippen LogP contribution in [-0.4, -0.2) is 70.0 Å². The lowest BCUT2D eigenvalue weighted by Gasteiger charge is -2.38. The van der Waals surface area contributed by atoms with Crippen molar-refractivity contribution in [2.45, 2.75) is 69.2 Å². The molecule has 10 nitrogen and oxygen atoms in total. The summed E-state index contributed by atoms with van der Waals surface area (Å²) in [7, 11) is 0. The summed E-state index contributed by atoms with van der Waals surface area (Å²) in [5.74, 6) is 1.63. The Bertz CT molecular complexity index is 1460. The second kappa shape index (κ2) is 10.8. The minimum Gasteiger partial charge on any atom is -0.480 e. The maximum absolute atomic E-state index is 15.1. The van der Waals surface area contributed by atoms with Crippen LogP contribution < -0.4 is 20.3 Å². The Balaban J connectivity index is 1.02. The van der Waals surface area contributed by atoms with E-state index in [1.165, 1.54) is 6.20 Å². The number of halogens is 1. The highest BCUT2D eigenvalue weighted by Gasteiger charge is 2.42. The third-order valence-corrected chi connectivity index (χ3v) is 9.18. The van der Waals surface area contributed by atoms with Crippen LogP contribution in [0.1, 0.15) is 49.8 Å². The predicted molar refractivity (Wildman–Crippen MR) is 150 cm³/mol. The molecule has 7 heterocycles. The topological polar surface area (TPSA) is 122 Å². The normalized spacial score (nSPS) is 27.4. The fourth-order valence-corrected chi connectivity index (χ4v) is 6.77. The van der Waals surface area contributed by atoms with Gasteiger partial charge in [0, 0.05) is 30.7 Å². The number of pyridine rings is 3. The number of carbonyl (C=O) groups excluding carboxylic acids is 1. The van der Waals surface area contributed by atoms with Crippen LogP contribution in [0, 0.1) is 11.7 Å². The minimum atomic E-state index is -0.354. The van der Waals surface area contributed by atoms with Crippen LogP contribution in [-0.2, 0) is 22.5 Å². The molecule has 1 saturated carbocycles. The van der Waals surface area contributed by atoms with Crippen LogP contribution in [0.4, 0.5) is 16.0 Å². The molecule has 216 valence electrons. The van der Waals surface area contributed by atoms with Crippen LogP contribution in [0.5, 0.6) is 5.75 Å². The number of nitrogens with one attached hydrogen (secondary N) is 2. The molecular weight excluding hydrogens is 527 g/mol. The number of carbonyl (C=O) groups is 1. The molecule has 4 aliphatic heterocycles. The van der Waals surface area contributed by atoms with Crippen molar-refractivity contribution in [3.8, 4) is 5.75 Å². The summed E-state index contributed by atoms with van der Waals surface area (Å²) in [6, 6.07) is 7.57. The number of nitrogens with zero attached hydrogens (tertiary/aromatic N) is 4. The monoisotopic (exact) mass is 562 g/mol. The van der Waals surface area contributed by atoms with E-state index >= 15 is 4.39 Å². The van der Waals surface area contributed by atoms with Crippen LogP contribution in [0.15, 0.2) is 30.5 Å². The Morgan fingerprint density at radius 3 is 2.90 bits per heavy atom. The number of fused-ring (bicyclic) bond motifs is 6. The molecule has 3 N–H and O–H groups in total. The number of aryl methyl sites for hydroxylation is 1. The Hall–Kier alpha value is -3.41. The van der Waals surface area contributed by atoms with Crippen molar-refractivity contribution in [3.05, 3.63) is 47.5 Å². The molecule has 11 heteroatoms. The fraction of sp³-hybridized carbons (Fsp3) is 0.533. The molecule has 4 atom stereocenters. The Labute approximate surface area is 237 Å². The number of anilines is 2. The van der Waals surface area contributed by atoms with Crippen LogP contribution >= 0.6 is 0 Å². The zero-order valence-corrected chi connectivity index (χ0v) is 22.9. The lowest BCUT2D eigenvalue weighted by Crippen LogP contribution is -2.51. The van der Waals surface area contributed by atoms with Crippen LogP contribution in [0.2, 0.25) is 0 Å². The second-order valence-corrected chi connectivity index (χ2v) is 11.9. The number of aliphatic hydroxyl groups is 1. The van der Waals surface area contributed by atoms with Gasteiger partial charge in [0.15, 0.2) is 18.2 Å². The maximum Gasteiger partial charge on any atom is 0.263 e. The van der Waals surface area contributed by atoms with E-state index in [4.69, 9.17) is 14.5 Å². The molecule has 0 radical (unpaired) electrons. The highest BCUT2D eigenvalue weighted by Crippen LogP contribution is 2.40. The summed E-state index contributed by atoms with van der Waals surface area (Å²) in [6.07, 6.45) is 7.14. The molecule has 41 heavy (non-hydrogen) atoms. The van der Waals surface area contributed by atoms with Gasteiger partial charge in [-0.05, 0) is 75.1 Å². The van der Waals surface area contributed by atoms with E-state index in [2.05, 4.69) is 20.6 Å². The number of hydrogen-bond acceptors (Lipinski definition) is 9. The van der Waals surface area contributed by atoms with Gasteiger partial charge in [-0.15, -0.1) is 0 Å². The number of hydrogen-bond donors (Lipinski definition) is 3. The number of rotatable bonds is 7. The number of aliphatic hydroxyl groups excluding tert-OH is 1. The number of ether oxygens (including phenoxy) is 2. The van der Waals surface area contributed by atoms with Gasteiger partial charge in [-0.25, -0.2) is 14.4 Å².